The van der Waals surface area contributed by atoms with E-state index >= 15 is 0 Å². The number of sulfone groups is 1. The average molecular weight is 295 g/mol. The Morgan fingerprint density at radius 2 is 1.50 bits per heavy atom. The minimum atomic E-state index is -5.96. The molecule has 4 nitrogen and oxygen atoms in total. The van der Waals surface area contributed by atoms with E-state index in [0.717, 1.165) is 0 Å². The van der Waals surface area contributed by atoms with Crippen molar-refractivity contribution in [3.05, 3.63) is 0 Å². The molecule has 1 amide bonds. The number of amides is 1. The van der Waals surface area contributed by atoms with Crippen LogP contribution in [0.15, 0.2) is 0 Å². The van der Waals surface area contributed by atoms with Crippen LogP contribution in [-0.4, -0.2) is 44.0 Å². The van der Waals surface area contributed by atoms with Crippen LogP contribution in [0.2, 0.25) is 0 Å². The van der Waals surface area contributed by atoms with Gasteiger partial charge < -0.3 is 5.32 Å². The van der Waals surface area contributed by atoms with Crippen molar-refractivity contribution in [2.75, 3.05) is 11.5 Å². The van der Waals surface area contributed by atoms with Crippen LogP contribution in [0.4, 0.5) is 22.0 Å². The summed E-state index contributed by atoms with van der Waals surface area (Å²) in [5.74, 6) is -8.59. The summed E-state index contributed by atoms with van der Waals surface area (Å²) in [6.07, 6.45) is -6.29. The molecule has 0 bridgehead atoms. The van der Waals surface area contributed by atoms with E-state index in [0.29, 0.717) is 0 Å². The number of nitrogens with one attached hydrogen (secondary N) is 1. The maximum Gasteiger partial charge on any atom is 0.463 e. The number of carbonyl (C=O) groups excluding carboxylic acids is 1. The molecule has 0 aromatic carbocycles. The van der Waals surface area contributed by atoms with Gasteiger partial charge >= 0.3 is 18.0 Å². The van der Waals surface area contributed by atoms with Crippen LogP contribution >= 0.6 is 0 Å². The van der Waals surface area contributed by atoms with E-state index in [9.17, 15) is 35.2 Å². The second-order valence-corrected chi connectivity index (χ2v) is 6.28. The zero-order chi connectivity index (χ0) is 14.2. The lowest BCUT2D eigenvalue weighted by atomic mass is 10.1. The van der Waals surface area contributed by atoms with E-state index in [-0.39, 0.29) is 24.3 Å². The Bertz CT molecular complexity index is 417. The van der Waals surface area contributed by atoms with Crippen molar-refractivity contribution < 1.29 is 35.2 Å². The van der Waals surface area contributed by atoms with Crippen molar-refractivity contribution >= 4 is 15.7 Å². The van der Waals surface area contributed by atoms with E-state index in [4.69, 9.17) is 0 Å². The predicted molar refractivity (Wildman–Crippen MR) is 50.8 cm³/mol. The first-order valence-corrected chi connectivity index (χ1v) is 6.74. The number of rotatable bonds is 2. The van der Waals surface area contributed by atoms with Gasteiger partial charge in [0.2, 0.25) is 0 Å². The van der Waals surface area contributed by atoms with E-state index < -0.39 is 33.9 Å². The molecule has 0 spiro atoms. The third-order valence-electron chi connectivity index (χ3n) is 2.53. The minimum Gasteiger partial charge on any atom is -0.348 e. The zero-order valence-corrected chi connectivity index (χ0v) is 9.75. The van der Waals surface area contributed by atoms with Crippen molar-refractivity contribution in [1.29, 1.82) is 0 Å². The summed E-state index contributed by atoms with van der Waals surface area (Å²) >= 11 is 0. The molecule has 1 heterocycles. The molecule has 0 aromatic rings. The highest BCUT2D eigenvalue weighted by atomic mass is 32.2. The second-order valence-electron chi connectivity index (χ2n) is 3.97. The summed E-state index contributed by atoms with van der Waals surface area (Å²) in [7, 11) is -3.28. The summed E-state index contributed by atoms with van der Waals surface area (Å²) < 4.78 is 82.7. The standard InChI is InChI=1S/C8H10F5NO3S/c9-7(10,8(11,12)13)6(15)14-5-1-3-18(16,17)4-2-5/h5H,1-4H2,(H,14,15). The van der Waals surface area contributed by atoms with E-state index in [1.807, 2.05) is 0 Å². The Kier molecular flexibility index (Phi) is 3.89. The molecule has 0 saturated carbocycles. The first-order chi connectivity index (χ1) is 7.96. The third kappa shape index (κ3) is 3.30. The predicted octanol–water partition coefficient (Wildman–Crippen LogP) is 0.877. The van der Waals surface area contributed by atoms with Gasteiger partial charge in [0.25, 0.3) is 0 Å². The number of carbonyl (C=O) groups is 1. The third-order valence-corrected chi connectivity index (χ3v) is 4.25. The van der Waals surface area contributed by atoms with E-state index in [2.05, 4.69) is 0 Å². The Morgan fingerprint density at radius 3 is 1.89 bits per heavy atom. The highest BCUT2D eigenvalue weighted by Gasteiger charge is 2.63. The van der Waals surface area contributed by atoms with Crippen molar-refractivity contribution in [2.24, 2.45) is 0 Å². The summed E-state index contributed by atoms with van der Waals surface area (Å²) in [6.45, 7) is 0. The fourth-order valence-corrected chi connectivity index (χ4v) is 2.93. The first-order valence-electron chi connectivity index (χ1n) is 4.91. The fraction of sp³-hybridized carbons (Fsp3) is 0.875. The largest absolute Gasteiger partial charge is 0.463 e. The van der Waals surface area contributed by atoms with Crippen molar-refractivity contribution in [1.82, 2.24) is 5.32 Å². The average Bonchev–Trinajstić information content (AvgIpc) is 2.19. The molecule has 0 unspecified atom stereocenters. The second kappa shape index (κ2) is 4.63. The van der Waals surface area contributed by atoms with Gasteiger partial charge in [-0.15, -0.1) is 0 Å². The molecule has 1 fully saturated rings. The molecule has 106 valence electrons. The number of alkyl halides is 5. The molecule has 18 heavy (non-hydrogen) atoms. The summed E-state index contributed by atoms with van der Waals surface area (Å²) in [6, 6.07) is -0.978. The van der Waals surface area contributed by atoms with Crippen LogP contribution in [0.1, 0.15) is 12.8 Å². The molecule has 0 atom stereocenters. The maximum atomic E-state index is 12.6. The lowest BCUT2D eigenvalue weighted by Gasteiger charge is -2.26. The lowest BCUT2D eigenvalue weighted by Crippen LogP contribution is -2.54. The van der Waals surface area contributed by atoms with Crippen molar-refractivity contribution in [3.63, 3.8) is 0 Å². The summed E-state index contributed by atoms with van der Waals surface area (Å²) in [4.78, 5) is 10.8. The Hall–Kier alpha value is -0.930. The van der Waals surface area contributed by atoms with Crippen molar-refractivity contribution in [3.8, 4) is 0 Å². The van der Waals surface area contributed by atoms with Crippen LogP contribution in [0, 0.1) is 0 Å². The van der Waals surface area contributed by atoms with Gasteiger partial charge in [0.15, 0.2) is 0 Å². The zero-order valence-electron chi connectivity index (χ0n) is 8.93. The molecule has 1 saturated heterocycles. The summed E-state index contributed by atoms with van der Waals surface area (Å²) in [5, 5.41) is 1.53. The fourth-order valence-electron chi connectivity index (χ4n) is 1.44. The molecule has 1 rings (SSSR count). The van der Waals surface area contributed by atoms with E-state index in [1.54, 1.807) is 0 Å². The molecule has 10 heteroatoms. The van der Waals surface area contributed by atoms with Crippen molar-refractivity contribution in [2.45, 2.75) is 31.0 Å². The molecule has 0 aromatic heterocycles. The van der Waals surface area contributed by atoms with E-state index in [1.165, 1.54) is 5.32 Å². The smallest absolute Gasteiger partial charge is 0.348 e. The monoisotopic (exact) mass is 295 g/mol. The molecule has 1 aliphatic heterocycles. The molecule has 0 aliphatic carbocycles. The minimum absolute atomic E-state index is 0.165. The van der Waals surface area contributed by atoms with Crippen LogP contribution < -0.4 is 5.32 Å². The van der Waals surface area contributed by atoms with Gasteiger partial charge in [-0.3, -0.25) is 4.79 Å². The Morgan fingerprint density at radius 1 is 1.06 bits per heavy atom. The lowest BCUT2D eigenvalue weighted by molar-refractivity contribution is -0.270. The summed E-state index contributed by atoms with van der Waals surface area (Å²) in [5.41, 5.74) is 0. The van der Waals surface area contributed by atoms with Crippen LogP contribution in [0.25, 0.3) is 0 Å². The molecule has 0 radical (unpaired) electrons. The first kappa shape index (κ1) is 15.1. The normalized spacial score (nSPS) is 21.6. The molecule has 1 aliphatic rings. The van der Waals surface area contributed by atoms with Crippen LogP contribution in [-0.2, 0) is 14.6 Å². The number of hydrogen-bond donors (Lipinski definition) is 1. The Balaban J connectivity index is 2.62. The SMILES string of the molecule is O=C(NC1CCS(=O)(=O)CC1)C(F)(F)C(F)(F)F. The van der Waals surface area contributed by atoms with Gasteiger partial charge in [0, 0.05) is 6.04 Å². The van der Waals surface area contributed by atoms with Gasteiger partial charge in [-0.2, -0.15) is 22.0 Å². The van der Waals surface area contributed by atoms with Gasteiger partial charge in [-0.1, -0.05) is 0 Å². The van der Waals surface area contributed by atoms with Crippen LogP contribution in [0.5, 0.6) is 0 Å². The van der Waals surface area contributed by atoms with Gasteiger partial charge in [-0.25, -0.2) is 8.42 Å². The Labute approximate surface area is 99.5 Å². The quantitative estimate of drug-likeness (QED) is 0.769. The van der Waals surface area contributed by atoms with Gasteiger partial charge in [0.05, 0.1) is 11.5 Å². The molecule has 1 N–H and O–H groups in total. The molecular weight excluding hydrogens is 285 g/mol. The number of halogens is 5. The maximum absolute atomic E-state index is 12.6. The molecular formula is C8H10F5NO3S. The highest BCUT2D eigenvalue weighted by Crippen LogP contribution is 2.35. The number of hydrogen-bond acceptors (Lipinski definition) is 3. The van der Waals surface area contributed by atoms with Gasteiger partial charge in [0.1, 0.15) is 9.84 Å². The highest BCUT2D eigenvalue weighted by molar-refractivity contribution is 7.91. The van der Waals surface area contributed by atoms with Crippen LogP contribution in [0.3, 0.4) is 0 Å². The topological polar surface area (TPSA) is 63.2 Å². The van der Waals surface area contributed by atoms with Gasteiger partial charge in [-0.05, 0) is 12.8 Å².